The van der Waals surface area contributed by atoms with E-state index in [1.54, 1.807) is 0 Å². The van der Waals surface area contributed by atoms with E-state index in [9.17, 15) is 4.55 Å². The first-order valence-electron chi connectivity index (χ1n) is 6.98. The molecule has 104 valence electrons. The normalized spacial score (nSPS) is 20.9. The molecule has 1 heterocycles. The molecule has 1 aliphatic rings. The van der Waals surface area contributed by atoms with Crippen molar-refractivity contribution in [1.82, 2.24) is 0 Å². The molecule has 0 bridgehead atoms. The van der Waals surface area contributed by atoms with Gasteiger partial charge in [0.15, 0.2) is 4.90 Å². The number of fused-ring (bicyclic) bond motifs is 2. The maximum absolute atomic E-state index is 12.5. The molecule has 0 saturated heterocycles. The number of rotatable bonds is 3. The first-order valence-corrected chi connectivity index (χ1v) is 8.30. The molecule has 0 radical (unpaired) electrons. The van der Waals surface area contributed by atoms with E-state index in [0.717, 1.165) is 28.0 Å². The lowest BCUT2D eigenvalue weighted by atomic mass is 9.97. The van der Waals surface area contributed by atoms with E-state index in [0.29, 0.717) is 12.4 Å². The quantitative estimate of drug-likeness (QED) is 0.803. The van der Waals surface area contributed by atoms with E-state index >= 15 is 0 Å². The zero-order chi connectivity index (χ0) is 13.9. The molecule has 3 heteroatoms. The van der Waals surface area contributed by atoms with E-state index in [4.69, 9.17) is 4.74 Å². The Hall–Kier alpha value is -1.29. The van der Waals surface area contributed by atoms with Crippen molar-refractivity contribution in [3.8, 4) is 0 Å². The fraction of sp³-hybridized carbons (Fsp3) is 0.294. The van der Waals surface area contributed by atoms with Crippen LogP contribution in [0.25, 0.3) is 0 Å². The summed E-state index contributed by atoms with van der Waals surface area (Å²) in [6.45, 7) is 2.81. The maximum Gasteiger partial charge on any atom is 0.159 e. The predicted molar refractivity (Wildman–Crippen MR) is 81.1 cm³/mol. The topological polar surface area (TPSA) is 32.3 Å². The lowest BCUT2D eigenvalue weighted by molar-refractivity contribution is 0.0787. The van der Waals surface area contributed by atoms with Crippen LogP contribution < -0.4 is 0 Å². The Labute approximate surface area is 123 Å². The molecular formula is C17H18O2S. The minimum Gasteiger partial charge on any atom is -0.611 e. The molecule has 0 aromatic heterocycles. The van der Waals surface area contributed by atoms with Crippen LogP contribution in [0.2, 0.25) is 0 Å². The summed E-state index contributed by atoms with van der Waals surface area (Å²) < 4.78 is 18.6. The second-order valence-corrected chi connectivity index (χ2v) is 6.40. The first kappa shape index (κ1) is 13.7. The zero-order valence-electron chi connectivity index (χ0n) is 11.5. The van der Waals surface area contributed by atoms with E-state index in [1.807, 2.05) is 36.4 Å². The molecule has 0 fully saturated rings. The first-order chi connectivity index (χ1) is 9.81. The summed E-state index contributed by atoms with van der Waals surface area (Å²) in [7, 11) is 0. The van der Waals surface area contributed by atoms with Crippen LogP contribution in [0, 0.1) is 0 Å². The molecular weight excluding hydrogens is 268 g/mol. The van der Waals surface area contributed by atoms with Gasteiger partial charge >= 0.3 is 0 Å². The van der Waals surface area contributed by atoms with Crippen LogP contribution in [0.1, 0.15) is 36.1 Å². The average molecular weight is 286 g/mol. The van der Waals surface area contributed by atoms with Gasteiger partial charge in [-0.25, -0.2) is 0 Å². The Balaban J connectivity index is 2.13. The lowest BCUT2D eigenvalue weighted by Crippen LogP contribution is -2.09. The number of hydrogen-bond acceptors (Lipinski definition) is 2. The third kappa shape index (κ3) is 2.49. The molecule has 0 aliphatic carbocycles. The van der Waals surface area contributed by atoms with Crippen molar-refractivity contribution in [2.75, 3.05) is 6.61 Å². The zero-order valence-corrected chi connectivity index (χ0v) is 12.4. The van der Waals surface area contributed by atoms with Gasteiger partial charge in [0.05, 0.1) is 0 Å². The minimum absolute atomic E-state index is 0.103. The Morgan fingerprint density at radius 1 is 1.10 bits per heavy atom. The van der Waals surface area contributed by atoms with Crippen molar-refractivity contribution < 1.29 is 9.29 Å². The van der Waals surface area contributed by atoms with Gasteiger partial charge < -0.3 is 9.29 Å². The number of ether oxygens (including phenoxy) is 1. The second kappa shape index (κ2) is 6.00. The molecule has 0 N–H and O–H groups in total. The summed E-state index contributed by atoms with van der Waals surface area (Å²) in [4.78, 5) is 0.907. The molecule has 0 spiro atoms. The highest BCUT2D eigenvalue weighted by atomic mass is 32.2. The highest BCUT2D eigenvalue weighted by Crippen LogP contribution is 2.38. The van der Waals surface area contributed by atoms with Crippen LogP contribution in [-0.2, 0) is 21.7 Å². The van der Waals surface area contributed by atoms with Crippen LogP contribution in [0.3, 0.4) is 0 Å². The van der Waals surface area contributed by atoms with E-state index in [1.165, 1.54) is 0 Å². The van der Waals surface area contributed by atoms with Crippen molar-refractivity contribution in [2.45, 2.75) is 30.1 Å². The van der Waals surface area contributed by atoms with Crippen LogP contribution >= 0.6 is 0 Å². The summed E-state index contributed by atoms with van der Waals surface area (Å²) in [5, 5.41) is 0. The monoisotopic (exact) mass is 286 g/mol. The predicted octanol–water partition coefficient (Wildman–Crippen LogP) is 3.82. The summed E-state index contributed by atoms with van der Waals surface area (Å²) in [6.07, 6.45) is 0.873. The highest BCUT2D eigenvalue weighted by molar-refractivity contribution is 7.90. The van der Waals surface area contributed by atoms with Gasteiger partial charge in [-0.15, -0.1) is 0 Å². The average Bonchev–Trinajstić information content (AvgIpc) is 2.60. The fourth-order valence-corrected chi connectivity index (χ4v) is 4.00. The number of hydrogen-bond donors (Lipinski definition) is 0. The molecule has 2 aromatic rings. The standard InChI is InChI=1S/C17H18O2S/c1-2-11-19-17-14-8-4-3-7-13(14)12-20(18)16-10-6-5-9-15(16)17/h3-10,17H,2,11-12H2,1H3. The van der Waals surface area contributed by atoms with Gasteiger partial charge in [-0.3, -0.25) is 0 Å². The van der Waals surface area contributed by atoms with Crippen molar-refractivity contribution in [2.24, 2.45) is 0 Å². The summed E-state index contributed by atoms with van der Waals surface area (Å²) in [5.74, 6) is 0.569. The Bertz CT molecular complexity index is 597. The van der Waals surface area contributed by atoms with Crippen molar-refractivity contribution in [3.63, 3.8) is 0 Å². The molecule has 0 amide bonds. The molecule has 2 nitrogen and oxygen atoms in total. The van der Waals surface area contributed by atoms with Gasteiger partial charge in [-0.1, -0.05) is 49.4 Å². The lowest BCUT2D eigenvalue weighted by Gasteiger charge is -2.19. The van der Waals surface area contributed by atoms with Crippen LogP contribution in [0.5, 0.6) is 0 Å². The highest BCUT2D eigenvalue weighted by Gasteiger charge is 2.30. The second-order valence-electron chi connectivity index (χ2n) is 4.98. The van der Waals surface area contributed by atoms with Crippen LogP contribution in [0.15, 0.2) is 53.4 Å². The molecule has 2 atom stereocenters. The molecule has 1 aliphatic heterocycles. The van der Waals surface area contributed by atoms with Gasteiger partial charge in [0, 0.05) is 17.7 Å². The fourth-order valence-electron chi connectivity index (χ4n) is 2.63. The third-order valence-electron chi connectivity index (χ3n) is 3.56. The van der Waals surface area contributed by atoms with Gasteiger partial charge in [0.1, 0.15) is 11.9 Å². The molecule has 20 heavy (non-hydrogen) atoms. The van der Waals surface area contributed by atoms with Gasteiger partial charge in [-0.2, -0.15) is 0 Å². The minimum atomic E-state index is -1.00. The summed E-state index contributed by atoms with van der Waals surface area (Å²) in [6, 6.07) is 16.1. The van der Waals surface area contributed by atoms with E-state index in [2.05, 4.69) is 19.1 Å². The molecule has 2 unspecified atom stereocenters. The Kier molecular flexibility index (Phi) is 4.10. The SMILES string of the molecule is CCCOC1c2ccccc2C[S+]([O-])c2ccccc21. The Morgan fingerprint density at radius 2 is 1.80 bits per heavy atom. The van der Waals surface area contributed by atoms with Crippen molar-refractivity contribution in [1.29, 1.82) is 0 Å². The molecule has 2 aromatic carbocycles. The van der Waals surface area contributed by atoms with E-state index in [-0.39, 0.29) is 6.10 Å². The van der Waals surface area contributed by atoms with Crippen LogP contribution in [0.4, 0.5) is 0 Å². The number of benzene rings is 2. The Morgan fingerprint density at radius 3 is 2.60 bits per heavy atom. The summed E-state index contributed by atoms with van der Waals surface area (Å²) >= 11 is -1.00. The van der Waals surface area contributed by atoms with Crippen molar-refractivity contribution >= 4 is 11.2 Å². The molecule has 0 saturated carbocycles. The van der Waals surface area contributed by atoms with Gasteiger partial charge in [0.2, 0.25) is 0 Å². The van der Waals surface area contributed by atoms with Gasteiger partial charge in [-0.05, 0) is 29.2 Å². The smallest absolute Gasteiger partial charge is 0.159 e. The van der Waals surface area contributed by atoms with Crippen LogP contribution in [-0.4, -0.2) is 11.2 Å². The third-order valence-corrected chi connectivity index (χ3v) is 5.00. The van der Waals surface area contributed by atoms with Crippen molar-refractivity contribution in [3.05, 3.63) is 65.2 Å². The van der Waals surface area contributed by atoms with Gasteiger partial charge in [0.25, 0.3) is 0 Å². The van der Waals surface area contributed by atoms with E-state index < -0.39 is 11.2 Å². The maximum atomic E-state index is 12.5. The largest absolute Gasteiger partial charge is 0.611 e. The summed E-state index contributed by atoms with van der Waals surface area (Å²) in [5.41, 5.74) is 3.33. The molecule has 3 rings (SSSR count).